The van der Waals surface area contributed by atoms with E-state index in [1.807, 2.05) is 30.5 Å². The van der Waals surface area contributed by atoms with Crippen molar-refractivity contribution in [3.63, 3.8) is 0 Å². The van der Waals surface area contributed by atoms with Gasteiger partial charge in [0.05, 0.1) is 6.04 Å². The molecule has 0 radical (unpaired) electrons. The lowest BCUT2D eigenvalue weighted by Crippen LogP contribution is -2.42. The van der Waals surface area contributed by atoms with Crippen LogP contribution in [0.5, 0.6) is 0 Å². The normalized spacial score (nSPS) is 18.2. The number of sulfonamides is 1. The van der Waals surface area contributed by atoms with Gasteiger partial charge in [-0.25, -0.2) is 8.42 Å². The summed E-state index contributed by atoms with van der Waals surface area (Å²) in [6.45, 7) is 1.02. The van der Waals surface area contributed by atoms with Crippen LogP contribution in [0.3, 0.4) is 0 Å². The SMILES string of the molecule is O=S(=O)(c1cccnc1)N1CCn2cccc2C1c1cccnc1. The van der Waals surface area contributed by atoms with Gasteiger partial charge in [0.1, 0.15) is 4.90 Å². The number of rotatable bonds is 3. The van der Waals surface area contributed by atoms with Crippen LogP contribution in [0.1, 0.15) is 17.3 Å². The number of pyridine rings is 2. The lowest BCUT2D eigenvalue weighted by Gasteiger charge is -2.36. The highest BCUT2D eigenvalue weighted by atomic mass is 32.2. The Labute approximate surface area is 140 Å². The third-order valence-corrected chi connectivity index (χ3v) is 6.08. The lowest BCUT2D eigenvalue weighted by molar-refractivity contribution is 0.298. The van der Waals surface area contributed by atoms with Gasteiger partial charge in [0.25, 0.3) is 0 Å². The maximum Gasteiger partial charge on any atom is 0.245 e. The van der Waals surface area contributed by atoms with Crippen LogP contribution in [0.4, 0.5) is 0 Å². The molecule has 0 aromatic carbocycles. The second kappa shape index (κ2) is 5.85. The zero-order valence-electron chi connectivity index (χ0n) is 12.9. The summed E-state index contributed by atoms with van der Waals surface area (Å²) < 4.78 is 29.9. The molecule has 0 spiro atoms. The Morgan fingerprint density at radius 2 is 1.75 bits per heavy atom. The summed E-state index contributed by atoms with van der Waals surface area (Å²) in [4.78, 5) is 8.33. The molecule has 0 aliphatic carbocycles. The summed E-state index contributed by atoms with van der Waals surface area (Å²) in [6, 6.07) is 10.5. The van der Waals surface area contributed by atoms with Gasteiger partial charge in [-0.3, -0.25) is 9.97 Å². The van der Waals surface area contributed by atoms with Gasteiger partial charge in [-0.05, 0) is 35.9 Å². The minimum Gasteiger partial charge on any atom is -0.348 e. The van der Waals surface area contributed by atoms with E-state index in [9.17, 15) is 8.42 Å². The van der Waals surface area contributed by atoms with Crippen molar-refractivity contribution in [1.82, 2.24) is 18.8 Å². The molecule has 7 heteroatoms. The van der Waals surface area contributed by atoms with Crippen molar-refractivity contribution in [3.8, 4) is 0 Å². The van der Waals surface area contributed by atoms with E-state index in [2.05, 4.69) is 14.5 Å². The zero-order valence-corrected chi connectivity index (χ0v) is 13.7. The Balaban J connectivity index is 1.86. The van der Waals surface area contributed by atoms with Gasteiger partial charge in [0.15, 0.2) is 0 Å². The predicted octanol–water partition coefficient (Wildman–Crippen LogP) is 2.07. The fraction of sp³-hybridized carbons (Fsp3) is 0.176. The second-order valence-electron chi connectivity index (χ2n) is 5.62. The number of fused-ring (bicyclic) bond motifs is 1. The van der Waals surface area contributed by atoms with E-state index in [0.717, 1.165) is 11.3 Å². The summed E-state index contributed by atoms with van der Waals surface area (Å²) in [5, 5.41) is 0. The van der Waals surface area contributed by atoms with Crippen LogP contribution in [0.2, 0.25) is 0 Å². The fourth-order valence-corrected chi connectivity index (χ4v) is 4.68. The van der Waals surface area contributed by atoms with Crippen LogP contribution in [0.25, 0.3) is 0 Å². The van der Waals surface area contributed by atoms with Gasteiger partial charge in [-0.1, -0.05) is 6.07 Å². The highest BCUT2D eigenvalue weighted by molar-refractivity contribution is 7.89. The van der Waals surface area contributed by atoms with Crippen LogP contribution in [0, 0.1) is 0 Å². The molecular formula is C17H16N4O2S. The molecule has 0 N–H and O–H groups in total. The molecule has 1 unspecified atom stereocenters. The molecule has 0 bridgehead atoms. The molecule has 0 amide bonds. The minimum absolute atomic E-state index is 0.207. The first kappa shape index (κ1) is 15.0. The first-order valence-corrected chi connectivity index (χ1v) is 9.09. The molecular weight excluding hydrogens is 324 g/mol. The first-order valence-electron chi connectivity index (χ1n) is 7.65. The largest absolute Gasteiger partial charge is 0.348 e. The van der Waals surface area contributed by atoms with Gasteiger partial charge in [0, 0.05) is 49.8 Å². The molecule has 0 saturated heterocycles. The third-order valence-electron chi connectivity index (χ3n) is 4.24. The Kier molecular flexibility index (Phi) is 3.66. The maximum absolute atomic E-state index is 13.2. The summed E-state index contributed by atoms with van der Waals surface area (Å²) in [5.41, 5.74) is 1.80. The average Bonchev–Trinajstić information content (AvgIpc) is 3.11. The van der Waals surface area contributed by atoms with Crippen molar-refractivity contribution in [2.24, 2.45) is 0 Å². The molecule has 4 heterocycles. The summed E-state index contributed by atoms with van der Waals surface area (Å²) >= 11 is 0. The van der Waals surface area contributed by atoms with Crippen molar-refractivity contribution >= 4 is 10.0 Å². The minimum atomic E-state index is -3.65. The summed E-state index contributed by atoms with van der Waals surface area (Å²) in [5.74, 6) is 0. The molecule has 4 rings (SSSR count). The highest BCUT2D eigenvalue weighted by Gasteiger charge is 2.37. The van der Waals surface area contributed by atoms with E-state index in [1.54, 1.807) is 30.7 Å². The van der Waals surface area contributed by atoms with Gasteiger partial charge in [0.2, 0.25) is 10.0 Å². The third kappa shape index (κ3) is 2.42. The van der Waals surface area contributed by atoms with Crippen LogP contribution in [-0.2, 0) is 16.6 Å². The topological polar surface area (TPSA) is 68.1 Å². The molecule has 1 atom stereocenters. The van der Waals surface area contributed by atoms with Gasteiger partial charge >= 0.3 is 0 Å². The lowest BCUT2D eigenvalue weighted by atomic mass is 10.0. The van der Waals surface area contributed by atoms with Crippen LogP contribution in [-0.4, -0.2) is 33.8 Å². The number of hydrogen-bond donors (Lipinski definition) is 0. The van der Waals surface area contributed by atoms with Crippen LogP contribution < -0.4 is 0 Å². The van der Waals surface area contributed by atoms with Crippen LogP contribution >= 0.6 is 0 Å². The zero-order chi connectivity index (χ0) is 16.6. The molecule has 0 saturated carbocycles. The van der Waals surface area contributed by atoms with E-state index in [-0.39, 0.29) is 4.90 Å². The summed E-state index contributed by atoms with van der Waals surface area (Å²) in [7, 11) is -3.65. The summed E-state index contributed by atoms with van der Waals surface area (Å²) in [6.07, 6.45) is 8.35. The molecule has 6 nitrogen and oxygen atoms in total. The Hall–Kier alpha value is -2.51. The maximum atomic E-state index is 13.2. The molecule has 1 aliphatic rings. The number of aromatic nitrogens is 3. The average molecular weight is 340 g/mol. The van der Waals surface area contributed by atoms with E-state index < -0.39 is 16.1 Å². The van der Waals surface area contributed by atoms with Gasteiger partial charge < -0.3 is 4.57 Å². The van der Waals surface area contributed by atoms with Crippen molar-refractivity contribution in [1.29, 1.82) is 0 Å². The quantitative estimate of drug-likeness (QED) is 0.732. The molecule has 24 heavy (non-hydrogen) atoms. The van der Waals surface area contributed by atoms with Gasteiger partial charge in [-0.2, -0.15) is 4.31 Å². The Morgan fingerprint density at radius 3 is 2.46 bits per heavy atom. The Bertz CT molecular complexity index is 939. The standard InChI is InChI=1S/C17H16N4O2S/c22-24(23,15-5-2-8-19-13-15)21-11-10-20-9-3-6-16(20)17(21)14-4-1-7-18-12-14/h1-9,12-13,17H,10-11H2. The molecule has 3 aromatic heterocycles. The molecule has 0 fully saturated rings. The predicted molar refractivity (Wildman–Crippen MR) is 88.6 cm³/mol. The monoisotopic (exact) mass is 340 g/mol. The van der Waals surface area contributed by atoms with Crippen molar-refractivity contribution in [2.75, 3.05) is 6.54 Å². The highest BCUT2D eigenvalue weighted by Crippen LogP contribution is 2.35. The smallest absolute Gasteiger partial charge is 0.245 e. The second-order valence-corrected chi connectivity index (χ2v) is 7.51. The number of hydrogen-bond acceptors (Lipinski definition) is 4. The van der Waals surface area contributed by atoms with Crippen molar-refractivity contribution < 1.29 is 8.42 Å². The van der Waals surface area contributed by atoms with E-state index in [1.165, 1.54) is 10.5 Å². The molecule has 3 aromatic rings. The van der Waals surface area contributed by atoms with E-state index >= 15 is 0 Å². The first-order chi connectivity index (χ1) is 11.7. The van der Waals surface area contributed by atoms with Crippen molar-refractivity contribution in [2.45, 2.75) is 17.5 Å². The molecule has 1 aliphatic heterocycles. The fourth-order valence-electron chi connectivity index (χ4n) is 3.13. The van der Waals surface area contributed by atoms with E-state index in [4.69, 9.17) is 0 Å². The molecule has 122 valence electrons. The van der Waals surface area contributed by atoms with Gasteiger partial charge in [-0.15, -0.1) is 0 Å². The van der Waals surface area contributed by atoms with Crippen molar-refractivity contribution in [3.05, 3.63) is 78.6 Å². The van der Waals surface area contributed by atoms with E-state index in [0.29, 0.717) is 13.1 Å². The number of nitrogens with zero attached hydrogens (tertiary/aromatic N) is 4. The van der Waals surface area contributed by atoms with Crippen LogP contribution in [0.15, 0.2) is 72.3 Å². The Morgan fingerprint density at radius 1 is 0.958 bits per heavy atom.